The molecule has 4 aromatic heterocycles. The molecule has 2 fully saturated rings. The summed E-state index contributed by atoms with van der Waals surface area (Å²) < 4.78 is 40.8. The van der Waals surface area contributed by atoms with Crippen molar-refractivity contribution in [1.29, 1.82) is 0 Å². The molecule has 4 aromatic rings. The number of fused-ring (bicyclic) bond motifs is 2. The largest absolute Gasteiger partial charge is 0.389 e. The van der Waals surface area contributed by atoms with Crippen LogP contribution in [0.5, 0.6) is 0 Å². The van der Waals surface area contributed by atoms with Crippen molar-refractivity contribution in [2.24, 2.45) is 5.92 Å². The number of aromatic nitrogens is 10. The molecule has 18 nitrogen and oxygen atoms in total. The van der Waals surface area contributed by atoms with E-state index in [4.69, 9.17) is 29.6 Å². The third kappa shape index (κ3) is 5.63. The average molecular weight is 677 g/mol. The van der Waals surface area contributed by atoms with E-state index in [9.17, 15) is 9.90 Å². The highest BCUT2D eigenvalue weighted by atomic mass is 32.2. The van der Waals surface area contributed by atoms with Crippen molar-refractivity contribution in [1.82, 2.24) is 49.9 Å². The summed E-state index contributed by atoms with van der Waals surface area (Å²) in [6, 6.07) is 0. The van der Waals surface area contributed by atoms with Crippen molar-refractivity contribution < 1.29 is 27.7 Å². The van der Waals surface area contributed by atoms with E-state index in [2.05, 4.69) is 75.6 Å². The SMILES string of the molecule is Nc1nc2c(nnn2[C@@H]2SC(CC(S)OC[C@H]3[C@H](F)[C@H](n4nnc5c(N)ncnc54)O[C@@H]3COP)[C@@H](O)[C@H]2OS)c(=O)[nH]1. The molecule has 10 atom stereocenters. The normalized spacial score (nSPS) is 30.1. The molecule has 0 amide bonds. The van der Waals surface area contributed by atoms with Crippen molar-refractivity contribution in [3.63, 3.8) is 0 Å². The Morgan fingerprint density at radius 1 is 1.21 bits per heavy atom. The summed E-state index contributed by atoms with van der Waals surface area (Å²) in [6.45, 7) is -0.0267. The maximum absolute atomic E-state index is 15.8. The van der Waals surface area contributed by atoms with Gasteiger partial charge in [0, 0.05) is 20.6 Å². The Hall–Kier alpha value is -2.43. The van der Waals surface area contributed by atoms with Crippen LogP contribution >= 0.6 is 46.8 Å². The van der Waals surface area contributed by atoms with E-state index in [0.717, 1.165) is 0 Å². The molecule has 0 saturated carbocycles. The summed E-state index contributed by atoms with van der Waals surface area (Å²) in [7, 11) is 2.11. The van der Waals surface area contributed by atoms with E-state index in [-0.39, 0.29) is 53.7 Å². The standard InChI is InChI=1S/C20H26FN12O6PS3/c21-9-5(6(3-37-40)38-18(9)32-15-10(28-30-32)14(22)24-4-25-15)2-36-8(41)1-7-12(34)13(39-42)19(43-7)33-16-11(29-31-33)17(35)27-20(23)26-16/h4-9,12-13,18-19,34,41-42H,1-3,40H2,(H2,22,24,25)(H3,23,26,27,35)/t5-,6-,7?,8?,9+,12-,13-,18-,19-/m1/s1. The Morgan fingerprint density at radius 2 is 1.98 bits per heavy atom. The summed E-state index contributed by atoms with van der Waals surface area (Å²) in [5.41, 5.74) is 10.8. The molecule has 3 unspecified atom stereocenters. The second kappa shape index (κ2) is 12.5. The van der Waals surface area contributed by atoms with E-state index in [1.165, 1.54) is 27.5 Å². The highest BCUT2D eigenvalue weighted by molar-refractivity contribution is 8.00. The number of nitrogens with one attached hydrogen (secondary N) is 1. The lowest BCUT2D eigenvalue weighted by Gasteiger charge is -2.23. The van der Waals surface area contributed by atoms with Gasteiger partial charge in [0.15, 0.2) is 40.5 Å². The number of thioether (sulfide) groups is 1. The van der Waals surface area contributed by atoms with Gasteiger partial charge in [-0.25, -0.2) is 19.0 Å². The second-order valence-corrected chi connectivity index (χ2v) is 12.3. The van der Waals surface area contributed by atoms with E-state index in [1.54, 1.807) is 0 Å². The van der Waals surface area contributed by atoms with Crippen LogP contribution in [-0.2, 0) is 18.2 Å². The van der Waals surface area contributed by atoms with E-state index < -0.39 is 58.2 Å². The molecule has 6 N–H and O–H groups in total. The van der Waals surface area contributed by atoms with Gasteiger partial charge in [-0.2, -0.15) is 9.67 Å². The number of H-pyrrole nitrogens is 1. The van der Waals surface area contributed by atoms with Crippen LogP contribution in [0.4, 0.5) is 16.2 Å². The third-order valence-electron chi connectivity index (χ3n) is 7.21. The minimum atomic E-state index is -1.58. The predicted octanol–water partition coefficient (Wildman–Crippen LogP) is -0.560. The number of ether oxygens (including phenoxy) is 2. The number of nitrogens with two attached hydrogens (primary N) is 2. The first-order valence-corrected chi connectivity index (χ1v) is 15.0. The molecule has 0 aromatic carbocycles. The van der Waals surface area contributed by atoms with Crippen LogP contribution in [0.25, 0.3) is 22.3 Å². The summed E-state index contributed by atoms with van der Waals surface area (Å²) in [4.78, 5) is 26.7. The molecular formula is C20H26FN12O6PS3. The summed E-state index contributed by atoms with van der Waals surface area (Å²) in [5.74, 6) is -0.771. The van der Waals surface area contributed by atoms with Crippen LogP contribution in [-0.4, -0.2) is 103 Å². The Kier molecular flexibility index (Phi) is 8.91. The molecular weight excluding hydrogens is 650 g/mol. The number of nitrogen functional groups attached to an aromatic ring is 2. The Morgan fingerprint density at radius 3 is 2.74 bits per heavy atom. The summed E-state index contributed by atoms with van der Waals surface area (Å²) in [5, 5.41) is 25.8. The first kappa shape index (κ1) is 30.6. The molecule has 0 spiro atoms. The number of aliphatic hydroxyl groups excluding tert-OH is 1. The fourth-order valence-electron chi connectivity index (χ4n) is 5.12. The number of aromatic amines is 1. The fourth-order valence-corrected chi connectivity index (χ4v) is 7.67. The second-order valence-electron chi connectivity index (χ2n) is 9.78. The minimum absolute atomic E-state index is 0.0160. The summed E-state index contributed by atoms with van der Waals surface area (Å²) in [6.07, 6.45) is -3.87. The predicted molar refractivity (Wildman–Crippen MR) is 159 cm³/mol. The van der Waals surface area contributed by atoms with Crippen molar-refractivity contribution in [2.45, 2.75) is 53.2 Å². The highest BCUT2D eigenvalue weighted by Crippen LogP contribution is 2.46. The zero-order chi connectivity index (χ0) is 30.4. The Labute approximate surface area is 258 Å². The zero-order valence-corrected chi connectivity index (χ0v) is 25.6. The molecule has 0 radical (unpaired) electrons. The third-order valence-corrected chi connectivity index (χ3v) is 9.57. The number of aliphatic hydroxyl groups is 1. The van der Waals surface area contributed by atoms with Crippen molar-refractivity contribution in [3.8, 4) is 0 Å². The number of nitrogens with zero attached hydrogens (tertiary/aromatic N) is 9. The average Bonchev–Trinajstić information content (AvgIpc) is 3.73. The van der Waals surface area contributed by atoms with Gasteiger partial charge in [-0.15, -0.1) is 34.6 Å². The smallest absolute Gasteiger partial charge is 0.282 e. The molecule has 232 valence electrons. The first-order valence-electron chi connectivity index (χ1n) is 12.7. The maximum Gasteiger partial charge on any atom is 0.282 e. The Bertz CT molecular complexity index is 1670. The van der Waals surface area contributed by atoms with Crippen LogP contribution in [0, 0.1) is 5.92 Å². The van der Waals surface area contributed by atoms with Crippen LogP contribution in [0.3, 0.4) is 0 Å². The van der Waals surface area contributed by atoms with Gasteiger partial charge in [0.1, 0.15) is 23.2 Å². The van der Waals surface area contributed by atoms with E-state index >= 15 is 4.39 Å². The molecule has 2 saturated heterocycles. The number of halogens is 1. The van der Waals surface area contributed by atoms with Crippen molar-refractivity contribution >= 4 is 80.9 Å². The molecule has 23 heteroatoms. The maximum atomic E-state index is 15.8. The van der Waals surface area contributed by atoms with Crippen LogP contribution < -0.4 is 17.0 Å². The fraction of sp³-hybridized carbons (Fsp3) is 0.600. The first-order chi connectivity index (χ1) is 20.7. The lowest BCUT2D eigenvalue weighted by Crippen LogP contribution is -2.35. The molecule has 2 aliphatic heterocycles. The molecule has 6 heterocycles. The minimum Gasteiger partial charge on any atom is -0.389 e. The quantitative estimate of drug-likeness (QED) is 0.0534. The lowest BCUT2D eigenvalue weighted by molar-refractivity contribution is -0.0429. The van der Waals surface area contributed by atoms with Crippen molar-refractivity contribution in [3.05, 3.63) is 16.7 Å². The monoisotopic (exact) mass is 676 g/mol. The molecule has 6 rings (SSSR count). The Balaban J connectivity index is 1.13. The van der Waals surface area contributed by atoms with Gasteiger partial charge in [-0.3, -0.25) is 9.78 Å². The number of hydrogen-bond acceptors (Lipinski definition) is 18. The molecule has 43 heavy (non-hydrogen) atoms. The topological polar surface area (TPSA) is 242 Å². The summed E-state index contributed by atoms with van der Waals surface area (Å²) >= 11 is 9.77. The lowest BCUT2D eigenvalue weighted by atomic mass is 10.0. The van der Waals surface area contributed by atoms with Gasteiger partial charge < -0.3 is 34.8 Å². The number of rotatable bonds is 10. The van der Waals surface area contributed by atoms with Crippen LogP contribution in [0.1, 0.15) is 18.0 Å². The molecule has 2 aliphatic rings. The van der Waals surface area contributed by atoms with Gasteiger partial charge in [0.05, 0.1) is 25.4 Å². The van der Waals surface area contributed by atoms with Crippen molar-refractivity contribution in [2.75, 3.05) is 24.7 Å². The van der Waals surface area contributed by atoms with Crippen LogP contribution in [0.2, 0.25) is 0 Å². The van der Waals surface area contributed by atoms with Crippen LogP contribution in [0.15, 0.2) is 11.1 Å². The number of hydrogen-bond donors (Lipinski definition) is 6. The van der Waals surface area contributed by atoms with Gasteiger partial charge in [0.2, 0.25) is 5.95 Å². The van der Waals surface area contributed by atoms with Gasteiger partial charge in [-0.05, 0) is 19.3 Å². The van der Waals surface area contributed by atoms with Gasteiger partial charge >= 0.3 is 0 Å². The number of anilines is 2. The van der Waals surface area contributed by atoms with E-state index in [1.807, 2.05) is 0 Å². The molecule has 0 bridgehead atoms. The van der Waals surface area contributed by atoms with Gasteiger partial charge in [0.25, 0.3) is 5.56 Å². The highest BCUT2D eigenvalue weighted by Gasteiger charge is 2.49. The van der Waals surface area contributed by atoms with Gasteiger partial charge in [-0.1, -0.05) is 10.4 Å². The number of thiol groups is 2. The molecule has 0 aliphatic carbocycles. The zero-order valence-electron chi connectivity index (χ0n) is 21.8. The van der Waals surface area contributed by atoms with E-state index in [0.29, 0.717) is 0 Å². The number of alkyl halides is 1.